The summed E-state index contributed by atoms with van der Waals surface area (Å²) in [4.78, 5) is 23.7. The van der Waals surface area contributed by atoms with E-state index >= 15 is 0 Å². The van der Waals surface area contributed by atoms with Gasteiger partial charge in [-0.3, -0.25) is 9.59 Å². The van der Waals surface area contributed by atoms with Crippen molar-refractivity contribution < 1.29 is 19.8 Å². The van der Waals surface area contributed by atoms with Gasteiger partial charge in [-0.2, -0.15) is 0 Å². The Balaban J connectivity index is 2.71. The van der Waals surface area contributed by atoms with Crippen LogP contribution in [0, 0.1) is 5.92 Å². The fourth-order valence-electron chi connectivity index (χ4n) is 1.75. The fraction of sp³-hybridized carbons (Fsp3) is 0.778. The van der Waals surface area contributed by atoms with E-state index in [1.54, 1.807) is 0 Å². The SMILES string of the molecule is C[C@@H](O)[C@@H](CO)N1CC(C(N)=O)CC1=O. The summed E-state index contributed by atoms with van der Waals surface area (Å²) in [6.07, 6.45) is -0.760. The van der Waals surface area contributed by atoms with Crippen LogP contribution in [0.2, 0.25) is 0 Å². The number of nitrogens with two attached hydrogens (primary N) is 1. The molecule has 4 N–H and O–H groups in total. The van der Waals surface area contributed by atoms with Gasteiger partial charge in [-0.25, -0.2) is 0 Å². The van der Waals surface area contributed by atoms with Gasteiger partial charge in [0, 0.05) is 13.0 Å². The van der Waals surface area contributed by atoms with Crippen molar-refractivity contribution in [3.63, 3.8) is 0 Å². The zero-order valence-corrected chi connectivity index (χ0v) is 8.59. The summed E-state index contributed by atoms with van der Waals surface area (Å²) in [5, 5.41) is 18.4. The molecule has 0 aliphatic carbocycles. The highest BCUT2D eigenvalue weighted by molar-refractivity contribution is 5.88. The predicted octanol–water partition coefficient (Wildman–Crippen LogP) is -1.94. The summed E-state index contributed by atoms with van der Waals surface area (Å²) >= 11 is 0. The van der Waals surface area contributed by atoms with Gasteiger partial charge in [0.25, 0.3) is 0 Å². The average Bonchev–Trinajstić information content (AvgIpc) is 2.49. The minimum absolute atomic E-state index is 0.0680. The van der Waals surface area contributed by atoms with Crippen molar-refractivity contribution in [2.24, 2.45) is 11.7 Å². The minimum atomic E-state index is -0.828. The Labute approximate surface area is 87.7 Å². The van der Waals surface area contributed by atoms with Crippen LogP contribution in [0.1, 0.15) is 13.3 Å². The first-order valence-corrected chi connectivity index (χ1v) is 4.85. The maximum atomic E-state index is 11.5. The highest BCUT2D eigenvalue weighted by atomic mass is 16.3. The highest BCUT2D eigenvalue weighted by Gasteiger charge is 2.38. The van der Waals surface area contributed by atoms with Crippen LogP contribution in [0.15, 0.2) is 0 Å². The topological polar surface area (TPSA) is 104 Å². The number of rotatable bonds is 4. The third kappa shape index (κ3) is 2.45. The molecule has 86 valence electrons. The lowest BCUT2D eigenvalue weighted by Gasteiger charge is -2.28. The Morgan fingerprint density at radius 2 is 2.33 bits per heavy atom. The van der Waals surface area contributed by atoms with E-state index in [0.717, 1.165) is 0 Å². The molecule has 0 bridgehead atoms. The van der Waals surface area contributed by atoms with E-state index in [1.165, 1.54) is 11.8 Å². The lowest BCUT2D eigenvalue weighted by Crippen LogP contribution is -2.46. The van der Waals surface area contributed by atoms with E-state index in [9.17, 15) is 14.7 Å². The second-order valence-electron chi connectivity index (χ2n) is 3.84. The molecule has 2 amide bonds. The number of likely N-dealkylation sites (tertiary alicyclic amines) is 1. The van der Waals surface area contributed by atoms with Crippen molar-refractivity contribution in [3.8, 4) is 0 Å². The summed E-state index contributed by atoms with van der Waals surface area (Å²) in [5.41, 5.74) is 5.10. The molecule has 0 radical (unpaired) electrons. The first kappa shape index (κ1) is 11.9. The van der Waals surface area contributed by atoms with Crippen molar-refractivity contribution >= 4 is 11.8 Å². The molecule has 0 aromatic rings. The van der Waals surface area contributed by atoms with Crippen LogP contribution < -0.4 is 5.73 Å². The molecule has 1 aliphatic heterocycles. The van der Waals surface area contributed by atoms with E-state index in [0.29, 0.717) is 0 Å². The molecule has 1 fully saturated rings. The van der Waals surface area contributed by atoms with Crippen LogP contribution in [0.3, 0.4) is 0 Å². The molecular weight excluding hydrogens is 200 g/mol. The van der Waals surface area contributed by atoms with Gasteiger partial charge in [0.1, 0.15) is 0 Å². The van der Waals surface area contributed by atoms with Crippen LogP contribution >= 0.6 is 0 Å². The Hall–Kier alpha value is -1.14. The van der Waals surface area contributed by atoms with Gasteiger partial charge in [0.2, 0.25) is 11.8 Å². The Kier molecular flexibility index (Phi) is 3.65. The van der Waals surface area contributed by atoms with Crippen LogP contribution in [0.25, 0.3) is 0 Å². The molecule has 0 saturated carbocycles. The molecule has 0 aromatic carbocycles. The fourth-order valence-corrected chi connectivity index (χ4v) is 1.75. The predicted molar refractivity (Wildman–Crippen MR) is 51.6 cm³/mol. The number of carbonyl (C=O) groups is 2. The molecule has 1 heterocycles. The number of aliphatic hydroxyl groups is 2. The highest BCUT2D eigenvalue weighted by Crippen LogP contribution is 2.21. The monoisotopic (exact) mass is 216 g/mol. The molecule has 1 unspecified atom stereocenters. The van der Waals surface area contributed by atoms with Gasteiger partial charge in [0.15, 0.2) is 0 Å². The van der Waals surface area contributed by atoms with E-state index in [1.807, 2.05) is 0 Å². The van der Waals surface area contributed by atoms with Crippen molar-refractivity contribution in [2.75, 3.05) is 13.2 Å². The van der Waals surface area contributed by atoms with Gasteiger partial charge in [-0.1, -0.05) is 0 Å². The summed E-state index contributed by atoms with van der Waals surface area (Å²) in [7, 11) is 0. The van der Waals surface area contributed by atoms with Crippen LogP contribution in [0.5, 0.6) is 0 Å². The second kappa shape index (κ2) is 4.59. The number of amides is 2. The minimum Gasteiger partial charge on any atom is -0.394 e. The van der Waals surface area contributed by atoms with E-state index in [-0.39, 0.29) is 25.5 Å². The van der Waals surface area contributed by atoms with Crippen molar-refractivity contribution in [1.82, 2.24) is 4.90 Å². The number of nitrogens with zero attached hydrogens (tertiary/aromatic N) is 1. The molecule has 6 nitrogen and oxygen atoms in total. The number of hydrogen-bond acceptors (Lipinski definition) is 4. The number of aliphatic hydroxyl groups excluding tert-OH is 2. The molecule has 1 rings (SSSR count). The molecule has 0 aromatic heterocycles. The standard InChI is InChI=1S/C9H16N2O4/c1-5(13)7(4-12)11-3-6(9(10)15)2-8(11)14/h5-7,12-13H,2-4H2,1H3,(H2,10,15)/t5-,6?,7-/m1/s1. The smallest absolute Gasteiger partial charge is 0.223 e. The molecule has 3 atom stereocenters. The maximum absolute atomic E-state index is 11.5. The van der Waals surface area contributed by atoms with Gasteiger partial charge in [-0.15, -0.1) is 0 Å². The lowest BCUT2D eigenvalue weighted by atomic mass is 10.1. The van der Waals surface area contributed by atoms with Gasteiger partial charge in [-0.05, 0) is 6.92 Å². The largest absolute Gasteiger partial charge is 0.394 e. The van der Waals surface area contributed by atoms with E-state index < -0.39 is 24.0 Å². The first-order chi connectivity index (χ1) is 6.97. The molecular formula is C9H16N2O4. The van der Waals surface area contributed by atoms with Crippen molar-refractivity contribution in [3.05, 3.63) is 0 Å². The van der Waals surface area contributed by atoms with E-state index in [2.05, 4.69) is 0 Å². The number of primary amides is 1. The van der Waals surface area contributed by atoms with E-state index in [4.69, 9.17) is 10.8 Å². The summed E-state index contributed by atoms with van der Waals surface area (Å²) in [6, 6.07) is -0.651. The van der Waals surface area contributed by atoms with Crippen LogP contribution in [0.4, 0.5) is 0 Å². The summed E-state index contributed by atoms with van der Waals surface area (Å²) < 4.78 is 0. The van der Waals surface area contributed by atoms with Crippen LogP contribution in [-0.4, -0.2) is 52.2 Å². The average molecular weight is 216 g/mol. The third-order valence-corrected chi connectivity index (χ3v) is 2.71. The summed E-state index contributed by atoms with van der Waals surface area (Å²) in [6.45, 7) is 1.35. The molecule has 1 aliphatic rings. The van der Waals surface area contributed by atoms with Crippen molar-refractivity contribution in [1.29, 1.82) is 0 Å². The first-order valence-electron chi connectivity index (χ1n) is 4.85. The quantitative estimate of drug-likeness (QED) is 0.508. The third-order valence-electron chi connectivity index (χ3n) is 2.71. The second-order valence-corrected chi connectivity index (χ2v) is 3.84. The zero-order valence-electron chi connectivity index (χ0n) is 8.59. The summed E-state index contributed by atoms with van der Waals surface area (Å²) in [5.74, 6) is -1.28. The molecule has 6 heteroatoms. The lowest BCUT2D eigenvalue weighted by molar-refractivity contribution is -0.133. The molecule has 15 heavy (non-hydrogen) atoms. The Morgan fingerprint density at radius 1 is 1.73 bits per heavy atom. The maximum Gasteiger partial charge on any atom is 0.223 e. The molecule has 1 saturated heterocycles. The number of hydrogen-bond donors (Lipinski definition) is 3. The van der Waals surface area contributed by atoms with Crippen molar-refractivity contribution in [2.45, 2.75) is 25.5 Å². The van der Waals surface area contributed by atoms with Crippen LogP contribution in [-0.2, 0) is 9.59 Å². The van der Waals surface area contributed by atoms with Gasteiger partial charge >= 0.3 is 0 Å². The van der Waals surface area contributed by atoms with Gasteiger partial charge < -0.3 is 20.8 Å². The van der Waals surface area contributed by atoms with Gasteiger partial charge in [0.05, 0.1) is 24.7 Å². The Bertz CT molecular complexity index is 267. The normalized spacial score (nSPS) is 25.4. The Morgan fingerprint density at radius 3 is 2.67 bits per heavy atom. The number of carbonyl (C=O) groups excluding carboxylic acids is 2. The molecule has 0 spiro atoms. The zero-order chi connectivity index (χ0) is 11.6.